The number of hydrogen-bond acceptors (Lipinski definition) is 4. The molecule has 49 heavy (non-hydrogen) atoms. The number of rotatable bonds is 3. The molecule has 1 aliphatic heterocycles. The van der Waals surface area contributed by atoms with Gasteiger partial charge >= 0.3 is 0 Å². The maximum Gasteiger partial charge on any atom is 0.145 e. The van der Waals surface area contributed by atoms with E-state index in [4.69, 9.17) is 9.72 Å². The lowest BCUT2D eigenvalue weighted by atomic mass is 10.1. The van der Waals surface area contributed by atoms with Crippen LogP contribution in [0.3, 0.4) is 0 Å². The zero-order valence-electron chi connectivity index (χ0n) is 26.7. The van der Waals surface area contributed by atoms with Crippen molar-refractivity contribution in [2.75, 3.05) is 23.5 Å². The lowest BCUT2D eigenvalue weighted by Gasteiger charge is -2.20. The van der Waals surface area contributed by atoms with E-state index in [-0.39, 0.29) is 0 Å². The third-order valence-electron chi connectivity index (χ3n) is 10.3. The fourth-order valence-electron chi connectivity index (χ4n) is 8.22. The van der Waals surface area contributed by atoms with Crippen molar-refractivity contribution < 1.29 is 4.74 Å². The molecule has 0 spiro atoms. The standard InChI is InChI=1S/C43H29N5O/c1-45-26-46(38-19-5-4-18-37(38)45)27-10-6-11-28(24-27)49-29-21-22-31-33-15-8-20-39-42(33)48(40(31)25-29)43-35(16-9-23-44-43)34-14-7-13-32-30-12-2-3-17-36(30)47(39)41(32)34/h2-25H,26H2,1H3. The van der Waals surface area contributed by atoms with Crippen molar-refractivity contribution in [3.8, 4) is 11.5 Å². The van der Waals surface area contributed by atoms with Gasteiger partial charge in [0, 0.05) is 63.4 Å². The highest BCUT2D eigenvalue weighted by Crippen LogP contribution is 2.43. The molecule has 6 heteroatoms. The number of nitrogens with zero attached hydrogens (tertiary/aromatic N) is 5. The molecule has 0 fully saturated rings. The molecule has 4 aromatic heterocycles. The average molecular weight is 632 g/mol. The highest BCUT2D eigenvalue weighted by Gasteiger charge is 2.24. The normalized spacial score (nSPS) is 13.2. The van der Waals surface area contributed by atoms with Gasteiger partial charge in [0.2, 0.25) is 0 Å². The molecule has 0 radical (unpaired) electrons. The zero-order chi connectivity index (χ0) is 32.2. The van der Waals surface area contributed by atoms with E-state index in [1.54, 1.807) is 0 Å². The fourth-order valence-corrected chi connectivity index (χ4v) is 8.22. The van der Waals surface area contributed by atoms with Gasteiger partial charge in [0.05, 0.1) is 45.6 Å². The van der Waals surface area contributed by atoms with Gasteiger partial charge < -0.3 is 18.9 Å². The molecule has 0 saturated heterocycles. The van der Waals surface area contributed by atoms with Crippen molar-refractivity contribution >= 4 is 82.6 Å². The molecular formula is C43H29N5O. The number of benzene rings is 6. The smallest absolute Gasteiger partial charge is 0.145 e. The second kappa shape index (κ2) is 9.75. The first-order chi connectivity index (χ1) is 24.2. The van der Waals surface area contributed by atoms with Crippen molar-refractivity contribution in [2.45, 2.75) is 0 Å². The minimum Gasteiger partial charge on any atom is -0.457 e. The van der Waals surface area contributed by atoms with Gasteiger partial charge in [-0.2, -0.15) is 0 Å². The summed E-state index contributed by atoms with van der Waals surface area (Å²) < 4.78 is 11.4. The molecule has 0 saturated carbocycles. The summed E-state index contributed by atoms with van der Waals surface area (Å²) in [6.45, 7) is 0.787. The number of ether oxygens (including phenoxy) is 1. The van der Waals surface area contributed by atoms with Crippen molar-refractivity contribution in [3.63, 3.8) is 0 Å². The summed E-state index contributed by atoms with van der Waals surface area (Å²) in [5, 5.41) is 7.09. The number of anilines is 3. The molecule has 6 aromatic carbocycles. The van der Waals surface area contributed by atoms with Gasteiger partial charge in [0.25, 0.3) is 0 Å². The lowest BCUT2D eigenvalue weighted by Crippen LogP contribution is -2.23. The Kier molecular flexibility index (Phi) is 5.28. The number of aromatic nitrogens is 3. The average Bonchev–Trinajstić information content (AvgIpc) is 3.78. The molecule has 11 rings (SSSR count). The number of hydrogen-bond donors (Lipinski definition) is 0. The molecule has 232 valence electrons. The van der Waals surface area contributed by atoms with Crippen LogP contribution in [0.2, 0.25) is 0 Å². The highest BCUT2D eigenvalue weighted by atomic mass is 16.5. The Morgan fingerprint density at radius 2 is 1.18 bits per heavy atom. The summed E-state index contributed by atoms with van der Waals surface area (Å²) in [4.78, 5) is 9.67. The Morgan fingerprint density at radius 1 is 0.510 bits per heavy atom. The number of para-hydroxylation sites is 5. The van der Waals surface area contributed by atoms with Crippen LogP contribution in [0.15, 0.2) is 146 Å². The summed E-state index contributed by atoms with van der Waals surface area (Å²) in [7, 11) is 2.13. The third kappa shape index (κ3) is 3.63. The van der Waals surface area contributed by atoms with E-state index < -0.39 is 0 Å². The molecule has 0 aliphatic carbocycles. The second-order valence-corrected chi connectivity index (χ2v) is 13.0. The van der Waals surface area contributed by atoms with E-state index in [2.05, 4.69) is 153 Å². The summed E-state index contributed by atoms with van der Waals surface area (Å²) in [5.74, 6) is 1.57. The number of pyridine rings is 1. The Morgan fingerprint density at radius 3 is 2.10 bits per heavy atom. The van der Waals surface area contributed by atoms with E-state index in [0.29, 0.717) is 0 Å². The van der Waals surface area contributed by atoms with Crippen LogP contribution in [0, 0.1) is 0 Å². The quantitative estimate of drug-likeness (QED) is 0.194. The predicted octanol–water partition coefficient (Wildman–Crippen LogP) is 10.7. The van der Waals surface area contributed by atoms with Crippen LogP contribution in [-0.4, -0.2) is 27.5 Å². The summed E-state index contributed by atoms with van der Waals surface area (Å²) in [5.41, 5.74) is 10.2. The van der Waals surface area contributed by atoms with E-state index in [0.717, 1.165) is 56.8 Å². The SMILES string of the molecule is CN1CN(c2cccc(Oc3ccc4c5cccc6c5n(c4c3)c3ncccc3c3cccc4c5ccccc5n6c43)c2)c2ccccc21. The molecule has 0 amide bonds. The first-order valence-corrected chi connectivity index (χ1v) is 16.6. The monoisotopic (exact) mass is 631 g/mol. The first-order valence-electron chi connectivity index (χ1n) is 16.6. The summed E-state index contributed by atoms with van der Waals surface area (Å²) in [6.07, 6.45) is 1.90. The predicted molar refractivity (Wildman–Crippen MR) is 202 cm³/mol. The maximum atomic E-state index is 6.66. The molecule has 0 N–H and O–H groups in total. The van der Waals surface area contributed by atoms with Gasteiger partial charge in [-0.1, -0.05) is 66.7 Å². The highest BCUT2D eigenvalue weighted by molar-refractivity contribution is 6.23. The molecule has 0 unspecified atom stereocenters. The van der Waals surface area contributed by atoms with E-state index >= 15 is 0 Å². The van der Waals surface area contributed by atoms with E-state index in [1.165, 1.54) is 44.0 Å². The maximum absolute atomic E-state index is 6.66. The summed E-state index contributed by atoms with van der Waals surface area (Å²) in [6, 6.07) is 49.6. The van der Waals surface area contributed by atoms with E-state index in [1.807, 2.05) is 18.3 Å². The molecule has 1 aliphatic rings. The summed E-state index contributed by atoms with van der Waals surface area (Å²) >= 11 is 0. The van der Waals surface area contributed by atoms with Crippen molar-refractivity contribution in [1.82, 2.24) is 13.8 Å². The van der Waals surface area contributed by atoms with E-state index in [9.17, 15) is 0 Å². The van der Waals surface area contributed by atoms with Gasteiger partial charge in [0.1, 0.15) is 17.1 Å². The van der Waals surface area contributed by atoms with Gasteiger partial charge in [0.15, 0.2) is 0 Å². The Hall–Kier alpha value is -6.53. The number of fused-ring (bicyclic) bond motifs is 11. The van der Waals surface area contributed by atoms with Crippen LogP contribution in [0.1, 0.15) is 0 Å². The molecular weight excluding hydrogens is 603 g/mol. The Bertz CT molecular complexity index is 2990. The van der Waals surface area contributed by atoms with Crippen LogP contribution in [0.5, 0.6) is 11.5 Å². The van der Waals surface area contributed by atoms with Crippen LogP contribution in [0.4, 0.5) is 17.1 Å². The fraction of sp³-hybridized carbons (Fsp3) is 0.0465. The molecule has 6 nitrogen and oxygen atoms in total. The Balaban J connectivity index is 1.17. The van der Waals surface area contributed by atoms with Crippen LogP contribution >= 0.6 is 0 Å². The van der Waals surface area contributed by atoms with Crippen LogP contribution in [0.25, 0.3) is 65.5 Å². The Labute approximate surface area is 281 Å². The minimum atomic E-state index is 0.776. The van der Waals surface area contributed by atoms with Crippen molar-refractivity contribution in [2.24, 2.45) is 0 Å². The van der Waals surface area contributed by atoms with Gasteiger partial charge in [-0.15, -0.1) is 0 Å². The second-order valence-electron chi connectivity index (χ2n) is 13.0. The van der Waals surface area contributed by atoms with Gasteiger partial charge in [-0.05, 0) is 60.7 Å². The van der Waals surface area contributed by atoms with Gasteiger partial charge in [-0.3, -0.25) is 4.40 Å². The lowest BCUT2D eigenvalue weighted by molar-refractivity contribution is 0.483. The van der Waals surface area contributed by atoms with Gasteiger partial charge in [-0.25, -0.2) is 4.98 Å². The zero-order valence-corrected chi connectivity index (χ0v) is 26.7. The van der Waals surface area contributed by atoms with Crippen LogP contribution in [-0.2, 0) is 0 Å². The largest absolute Gasteiger partial charge is 0.457 e. The molecule has 5 heterocycles. The molecule has 0 bridgehead atoms. The topological polar surface area (TPSA) is 37.4 Å². The molecule has 10 aromatic rings. The minimum absolute atomic E-state index is 0.776. The first kappa shape index (κ1) is 26.5. The molecule has 0 atom stereocenters. The third-order valence-corrected chi connectivity index (χ3v) is 10.3. The van der Waals surface area contributed by atoms with Crippen molar-refractivity contribution in [3.05, 3.63) is 146 Å². The van der Waals surface area contributed by atoms with Crippen LogP contribution < -0.4 is 14.5 Å². The van der Waals surface area contributed by atoms with Crippen molar-refractivity contribution in [1.29, 1.82) is 0 Å².